The molecule has 3 aromatic rings. The molecule has 4 heterocycles. The molecular weight excluding hydrogens is 443 g/mol. The predicted molar refractivity (Wildman–Crippen MR) is 118 cm³/mol. The van der Waals surface area contributed by atoms with Gasteiger partial charge in [-0.2, -0.15) is 0 Å². The Balaban J connectivity index is 1.46. The molecule has 1 aliphatic heterocycles. The molecule has 31 heavy (non-hydrogen) atoms. The molecule has 1 aliphatic carbocycles. The smallest absolute Gasteiger partial charge is 0.250 e. The number of hydrogen-bond acceptors (Lipinski definition) is 3. The molecule has 5 rings (SSSR count). The van der Waals surface area contributed by atoms with Crippen LogP contribution in [0.2, 0.25) is 0 Å². The minimum Gasteiger partial charge on any atom is -0.341 e. The highest BCUT2D eigenvalue weighted by Gasteiger charge is 2.34. The van der Waals surface area contributed by atoms with Crippen LogP contribution >= 0.6 is 23.2 Å². The summed E-state index contributed by atoms with van der Waals surface area (Å²) in [5.74, 6) is -1.27. The molecule has 1 saturated heterocycles. The summed E-state index contributed by atoms with van der Waals surface area (Å²) in [7, 11) is 0. The number of piperidine rings is 1. The molecule has 1 fully saturated rings. The van der Waals surface area contributed by atoms with E-state index in [0.717, 1.165) is 22.5 Å². The lowest BCUT2D eigenvalue weighted by Crippen LogP contribution is -2.38. The number of nitrogens with zero attached hydrogens (tertiary/aromatic N) is 4. The highest BCUT2D eigenvalue weighted by molar-refractivity contribution is 6.34. The Labute approximate surface area is 188 Å². The summed E-state index contributed by atoms with van der Waals surface area (Å²) in [6.07, 6.45) is 7.88. The van der Waals surface area contributed by atoms with Gasteiger partial charge in [0.1, 0.15) is 0 Å². The van der Waals surface area contributed by atoms with E-state index in [-0.39, 0.29) is 18.2 Å². The Morgan fingerprint density at radius 3 is 2.77 bits per heavy atom. The monoisotopic (exact) mass is 463 g/mol. The molecule has 0 aromatic carbocycles. The Morgan fingerprint density at radius 2 is 2.00 bits per heavy atom. The number of likely N-dealkylation sites (tertiary alicyclic amines) is 1. The van der Waals surface area contributed by atoms with Crippen LogP contribution in [0.25, 0.3) is 22.7 Å². The minimum absolute atomic E-state index is 0.108. The van der Waals surface area contributed by atoms with Gasteiger partial charge in [0.05, 0.1) is 22.3 Å². The van der Waals surface area contributed by atoms with Crippen molar-refractivity contribution in [2.24, 2.45) is 0 Å². The second-order valence-electron chi connectivity index (χ2n) is 8.00. The fourth-order valence-corrected chi connectivity index (χ4v) is 4.71. The van der Waals surface area contributed by atoms with Gasteiger partial charge < -0.3 is 4.98 Å². The minimum atomic E-state index is -2.56. The molecule has 0 bridgehead atoms. The number of H-pyrrole nitrogens is 1. The lowest BCUT2D eigenvalue weighted by Gasteiger charge is -2.31. The van der Waals surface area contributed by atoms with E-state index in [1.807, 2.05) is 52.0 Å². The van der Waals surface area contributed by atoms with Crippen LogP contribution in [0.15, 0.2) is 47.8 Å². The molecule has 2 aliphatic rings. The topological polar surface area (TPSA) is 49.2 Å². The number of pyridine rings is 1. The molecule has 3 aromatic heterocycles. The van der Waals surface area contributed by atoms with Crippen LogP contribution in [0.5, 0.6) is 0 Å². The van der Waals surface area contributed by atoms with Gasteiger partial charge in [-0.15, -0.1) is 11.6 Å². The van der Waals surface area contributed by atoms with Gasteiger partial charge in [-0.05, 0) is 12.1 Å². The first kappa shape index (κ1) is 20.7. The van der Waals surface area contributed by atoms with E-state index in [0.29, 0.717) is 42.7 Å². The van der Waals surface area contributed by atoms with Gasteiger partial charge in [-0.1, -0.05) is 29.8 Å². The van der Waals surface area contributed by atoms with Gasteiger partial charge in [-0.25, -0.2) is 18.7 Å². The molecule has 9 heteroatoms. The quantitative estimate of drug-likeness (QED) is 0.521. The first-order chi connectivity index (χ1) is 14.9. The van der Waals surface area contributed by atoms with Crippen molar-refractivity contribution in [3.63, 3.8) is 0 Å². The first-order valence-electron chi connectivity index (χ1n) is 10.2. The molecule has 0 spiro atoms. The first-order valence-corrected chi connectivity index (χ1v) is 11.0. The van der Waals surface area contributed by atoms with Gasteiger partial charge in [0, 0.05) is 61.9 Å². The fraction of sp³-hybridized carbons (Fsp3) is 0.364. The second-order valence-corrected chi connectivity index (χ2v) is 9.02. The lowest BCUT2D eigenvalue weighted by molar-refractivity contribution is -0.0567. The second kappa shape index (κ2) is 8.04. The summed E-state index contributed by atoms with van der Waals surface area (Å²) < 4.78 is 29.0. The largest absolute Gasteiger partial charge is 0.341 e. The average Bonchev–Trinajstić information content (AvgIpc) is 3.35. The molecular formula is C22H21Cl2F2N5. The molecule has 1 atom stereocenters. The van der Waals surface area contributed by atoms with Crippen LogP contribution in [0, 0.1) is 0 Å². The Bertz CT molecular complexity index is 1170. The van der Waals surface area contributed by atoms with Crippen molar-refractivity contribution in [2.45, 2.75) is 37.1 Å². The van der Waals surface area contributed by atoms with E-state index in [4.69, 9.17) is 33.2 Å². The molecule has 162 valence electrons. The summed E-state index contributed by atoms with van der Waals surface area (Å²) in [6, 6.07) is 5.86. The SMILES string of the molecule is FC1(F)CCN(Cc2nc(-c3nc(C4=C(Cl)CC(Cl)C=C4)c[nH]3)n3ccccc23)CC1. The normalized spacial score (nSPS) is 21.9. The third-order valence-electron chi connectivity index (χ3n) is 5.79. The van der Waals surface area contributed by atoms with E-state index in [9.17, 15) is 8.78 Å². The van der Waals surface area contributed by atoms with Crippen molar-refractivity contribution in [1.29, 1.82) is 0 Å². The summed E-state index contributed by atoms with van der Waals surface area (Å²) in [4.78, 5) is 14.8. The summed E-state index contributed by atoms with van der Waals surface area (Å²) in [5.41, 5.74) is 3.36. The Kier molecular flexibility index (Phi) is 5.36. The number of nitrogens with one attached hydrogen (secondary N) is 1. The van der Waals surface area contributed by atoms with Gasteiger partial charge in [0.15, 0.2) is 11.6 Å². The van der Waals surface area contributed by atoms with Crippen molar-refractivity contribution in [3.8, 4) is 11.6 Å². The van der Waals surface area contributed by atoms with Gasteiger partial charge in [-0.3, -0.25) is 9.30 Å². The molecule has 0 amide bonds. The highest BCUT2D eigenvalue weighted by atomic mass is 35.5. The van der Waals surface area contributed by atoms with Crippen molar-refractivity contribution in [2.75, 3.05) is 13.1 Å². The molecule has 1 N–H and O–H groups in total. The van der Waals surface area contributed by atoms with E-state index >= 15 is 0 Å². The number of allylic oxidation sites excluding steroid dienone is 4. The molecule has 5 nitrogen and oxygen atoms in total. The maximum Gasteiger partial charge on any atom is 0.250 e. The van der Waals surface area contributed by atoms with Gasteiger partial charge in [0.2, 0.25) is 0 Å². The summed E-state index contributed by atoms with van der Waals surface area (Å²) >= 11 is 12.5. The van der Waals surface area contributed by atoms with Crippen molar-refractivity contribution < 1.29 is 8.78 Å². The Morgan fingerprint density at radius 1 is 1.19 bits per heavy atom. The number of halogens is 4. The van der Waals surface area contributed by atoms with E-state index in [1.54, 1.807) is 0 Å². The van der Waals surface area contributed by atoms with Crippen molar-refractivity contribution >= 4 is 34.3 Å². The van der Waals surface area contributed by atoms with Crippen LogP contribution in [0.4, 0.5) is 8.78 Å². The highest BCUT2D eigenvalue weighted by Crippen LogP contribution is 2.33. The fourth-order valence-electron chi connectivity index (χ4n) is 4.07. The third kappa shape index (κ3) is 4.14. The molecule has 1 unspecified atom stereocenters. The molecule has 0 radical (unpaired) electrons. The molecule has 0 saturated carbocycles. The number of imidazole rings is 2. The average molecular weight is 464 g/mol. The zero-order valence-corrected chi connectivity index (χ0v) is 18.2. The Hall–Kier alpha value is -2.22. The maximum absolute atomic E-state index is 13.5. The lowest BCUT2D eigenvalue weighted by atomic mass is 10.0. The zero-order chi connectivity index (χ0) is 21.6. The number of fused-ring (bicyclic) bond motifs is 1. The van der Waals surface area contributed by atoms with Crippen LogP contribution in [0.3, 0.4) is 0 Å². The third-order valence-corrected chi connectivity index (χ3v) is 6.45. The van der Waals surface area contributed by atoms with Crippen molar-refractivity contribution in [1.82, 2.24) is 24.3 Å². The van der Waals surface area contributed by atoms with Crippen LogP contribution in [-0.2, 0) is 6.54 Å². The number of hydrogen-bond donors (Lipinski definition) is 1. The van der Waals surface area contributed by atoms with Gasteiger partial charge >= 0.3 is 0 Å². The number of rotatable bonds is 4. The maximum atomic E-state index is 13.5. The van der Waals surface area contributed by atoms with Crippen molar-refractivity contribution in [3.05, 3.63) is 59.2 Å². The van der Waals surface area contributed by atoms with Crippen LogP contribution in [0.1, 0.15) is 30.7 Å². The summed E-state index contributed by atoms with van der Waals surface area (Å²) in [5, 5.41) is 0.569. The standard InChI is InChI=1S/C22H21Cl2F2N5/c23-14-4-5-15(16(24)11-14)17-12-27-20(28-17)21-29-18(19-3-1-2-8-31(19)21)13-30-9-6-22(25,26)7-10-30/h1-5,8,12,14H,6-7,9-11,13H2,(H,27,28). The van der Waals surface area contributed by atoms with Gasteiger partial charge in [0.25, 0.3) is 5.92 Å². The van der Waals surface area contributed by atoms with Crippen LogP contribution in [-0.4, -0.2) is 48.6 Å². The number of aromatic amines is 1. The zero-order valence-electron chi connectivity index (χ0n) is 16.7. The number of aromatic nitrogens is 4. The number of alkyl halides is 3. The van der Waals surface area contributed by atoms with E-state index < -0.39 is 5.92 Å². The summed E-state index contributed by atoms with van der Waals surface area (Å²) in [6.45, 7) is 1.24. The van der Waals surface area contributed by atoms with E-state index in [1.165, 1.54) is 0 Å². The predicted octanol–water partition coefficient (Wildman–Crippen LogP) is 5.47. The van der Waals surface area contributed by atoms with Crippen LogP contribution < -0.4 is 0 Å². The van der Waals surface area contributed by atoms with E-state index in [2.05, 4.69) is 4.98 Å².